The van der Waals surface area contributed by atoms with Gasteiger partial charge in [-0.3, -0.25) is 4.90 Å². The van der Waals surface area contributed by atoms with E-state index in [-0.39, 0.29) is 0 Å². The summed E-state index contributed by atoms with van der Waals surface area (Å²) in [6, 6.07) is 0.838. The predicted molar refractivity (Wildman–Crippen MR) is 65.5 cm³/mol. The minimum atomic E-state index is 0.306. The second-order valence-corrected chi connectivity index (χ2v) is 4.93. The second-order valence-electron chi connectivity index (χ2n) is 4.93. The van der Waals surface area contributed by atoms with Gasteiger partial charge in [0.2, 0.25) is 0 Å². The largest absolute Gasteiger partial charge is 0.384 e. The highest BCUT2D eigenvalue weighted by atomic mass is 16.5. The Morgan fingerprint density at radius 2 is 2.19 bits per heavy atom. The van der Waals surface area contributed by atoms with Crippen LogP contribution in [0.5, 0.6) is 0 Å². The van der Waals surface area contributed by atoms with Crippen molar-refractivity contribution in [2.45, 2.75) is 39.0 Å². The number of rotatable bonds is 5. The lowest BCUT2D eigenvalue weighted by molar-refractivity contribution is -0.0766. The molecule has 0 bridgehead atoms. The number of methoxy groups -OCH3 is 1. The van der Waals surface area contributed by atoms with Crippen molar-refractivity contribution in [3.05, 3.63) is 0 Å². The van der Waals surface area contributed by atoms with Crippen molar-refractivity contribution in [2.24, 2.45) is 11.7 Å². The molecule has 0 aromatic rings. The molecule has 4 heteroatoms. The van der Waals surface area contributed by atoms with Crippen LogP contribution in [0.25, 0.3) is 0 Å². The Bertz CT molecular complexity index is 201. The van der Waals surface area contributed by atoms with Gasteiger partial charge in [-0.25, -0.2) is 0 Å². The Morgan fingerprint density at radius 1 is 1.50 bits per heavy atom. The fraction of sp³-hybridized carbons (Fsp3) is 1.00. The van der Waals surface area contributed by atoms with Crippen LogP contribution in [-0.4, -0.2) is 56.5 Å². The molecule has 0 spiro atoms. The highest BCUT2D eigenvalue weighted by molar-refractivity contribution is 4.85. The monoisotopic (exact) mass is 230 g/mol. The van der Waals surface area contributed by atoms with Crippen molar-refractivity contribution >= 4 is 0 Å². The maximum atomic E-state index is 5.90. The number of hydrogen-bond acceptors (Lipinski definition) is 4. The third-order valence-corrected chi connectivity index (χ3v) is 3.41. The van der Waals surface area contributed by atoms with E-state index < -0.39 is 0 Å². The lowest BCUT2D eigenvalue weighted by Gasteiger charge is -2.43. The molecule has 0 saturated carbocycles. The first-order valence-corrected chi connectivity index (χ1v) is 6.16. The van der Waals surface area contributed by atoms with E-state index in [1.807, 2.05) is 0 Å². The van der Waals surface area contributed by atoms with Crippen molar-refractivity contribution in [2.75, 3.05) is 33.4 Å². The molecule has 4 nitrogen and oxygen atoms in total. The molecule has 1 aliphatic rings. The summed E-state index contributed by atoms with van der Waals surface area (Å²) in [5.74, 6) is 0.461. The molecule has 4 unspecified atom stereocenters. The maximum Gasteiger partial charge on any atom is 0.0674 e. The van der Waals surface area contributed by atoms with Crippen LogP contribution < -0.4 is 5.73 Å². The van der Waals surface area contributed by atoms with E-state index in [1.54, 1.807) is 7.11 Å². The SMILES string of the molecule is COCC(C)C(CN)N1CC(C)OCC1C. The summed E-state index contributed by atoms with van der Waals surface area (Å²) in [5, 5.41) is 0. The molecule has 2 N–H and O–H groups in total. The Labute approximate surface area is 99.1 Å². The van der Waals surface area contributed by atoms with Crippen molar-refractivity contribution in [1.29, 1.82) is 0 Å². The molecule has 0 amide bonds. The van der Waals surface area contributed by atoms with Gasteiger partial charge in [0.1, 0.15) is 0 Å². The first-order chi connectivity index (χ1) is 7.60. The molecule has 1 heterocycles. The van der Waals surface area contributed by atoms with Crippen LogP contribution in [-0.2, 0) is 9.47 Å². The van der Waals surface area contributed by atoms with Gasteiger partial charge in [-0.05, 0) is 19.8 Å². The van der Waals surface area contributed by atoms with Crippen molar-refractivity contribution < 1.29 is 9.47 Å². The first-order valence-electron chi connectivity index (χ1n) is 6.16. The summed E-state index contributed by atoms with van der Waals surface area (Å²) < 4.78 is 10.9. The molecule has 1 saturated heterocycles. The number of nitrogens with zero attached hydrogens (tertiary/aromatic N) is 1. The number of nitrogens with two attached hydrogens (primary N) is 1. The zero-order chi connectivity index (χ0) is 12.1. The lowest BCUT2D eigenvalue weighted by atomic mass is 9.98. The third kappa shape index (κ3) is 3.42. The van der Waals surface area contributed by atoms with E-state index in [9.17, 15) is 0 Å². The van der Waals surface area contributed by atoms with Gasteiger partial charge < -0.3 is 15.2 Å². The van der Waals surface area contributed by atoms with Crippen molar-refractivity contribution in [3.8, 4) is 0 Å². The summed E-state index contributed by atoms with van der Waals surface area (Å²) in [6.07, 6.45) is 0.306. The van der Waals surface area contributed by atoms with Gasteiger partial charge >= 0.3 is 0 Å². The van der Waals surface area contributed by atoms with E-state index in [1.165, 1.54) is 0 Å². The van der Waals surface area contributed by atoms with Crippen LogP contribution in [0.1, 0.15) is 20.8 Å². The average Bonchev–Trinajstić information content (AvgIpc) is 2.24. The Hall–Kier alpha value is -0.160. The van der Waals surface area contributed by atoms with Gasteiger partial charge in [-0.2, -0.15) is 0 Å². The Kier molecular flexibility index (Phi) is 5.69. The molecule has 0 aromatic carbocycles. The van der Waals surface area contributed by atoms with Crippen LogP contribution in [0.15, 0.2) is 0 Å². The summed E-state index contributed by atoms with van der Waals surface area (Å²) in [4.78, 5) is 2.47. The minimum absolute atomic E-state index is 0.306. The summed E-state index contributed by atoms with van der Waals surface area (Å²) in [6.45, 7) is 9.74. The molecular weight excluding hydrogens is 204 g/mol. The maximum absolute atomic E-state index is 5.90. The van der Waals surface area contributed by atoms with E-state index in [2.05, 4.69) is 25.7 Å². The van der Waals surface area contributed by atoms with Gasteiger partial charge in [-0.15, -0.1) is 0 Å². The topological polar surface area (TPSA) is 47.7 Å². The quantitative estimate of drug-likeness (QED) is 0.755. The van der Waals surface area contributed by atoms with Crippen LogP contribution in [0, 0.1) is 5.92 Å². The molecule has 4 atom stereocenters. The van der Waals surface area contributed by atoms with Gasteiger partial charge in [0.05, 0.1) is 19.3 Å². The Morgan fingerprint density at radius 3 is 2.75 bits per heavy atom. The van der Waals surface area contributed by atoms with Gasteiger partial charge in [0.25, 0.3) is 0 Å². The first kappa shape index (κ1) is 13.9. The normalized spacial score (nSPS) is 31.3. The number of hydrogen-bond donors (Lipinski definition) is 1. The predicted octanol–water partition coefficient (Wildman–Crippen LogP) is 0.705. The lowest BCUT2D eigenvalue weighted by Crippen LogP contribution is -2.56. The highest BCUT2D eigenvalue weighted by Crippen LogP contribution is 2.19. The summed E-state index contributed by atoms with van der Waals surface area (Å²) >= 11 is 0. The van der Waals surface area contributed by atoms with E-state index in [0.717, 1.165) is 19.8 Å². The standard InChI is InChI=1S/C12H26N2O2/c1-9(7-15-4)12(5-13)14-6-11(3)16-8-10(14)2/h9-12H,5-8,13H2,1-4H3. The molecule has 0 aliphatic carbocycles. The van der Waals surface area contributed by atoms with E-state index in [0.29, 0.717) is 30.7 Å². The molecule has 1 fully saturated rings. The van der Waals surface area contributed by atoms with Crippen LogP contribution in [0.3, 0.4) is 0 Å². The highest BCUT2D eigenvalue weighted by Gasteiger charge is 2.31. The summed E-state index contributed by atoms with van der Waals surface area (Å²) in [5.41, 5.74) is 5.90. The number of morpholine rings is 1. The zero-order valence-electron chi connectivity index (χ0n) is 11.0. The molecule has 16 heavy (non-hydrogen) atoms. The van der Waals surface area contributed by atoms with E-state index in [4.69, 9.17) is 15.2 Å². The average molecular weight is 230 g/mol. The van der Waals surface area contributed by atoms with Crippen molar-refractivity contribution in [1.82, 2.24) is 4.90 Å². The van der Waals surface area contributed by atoms with E-state index >= 15 is 0 Å². The zero-order valence-corrected chi connectivity index (χ0v) is 11.0. The van der Waals surface area contributed by atoms with Crippen LogP contribution >= 0.6 is 0 Å². The third-order valence-electron chi connectivity index (χ3n) is 3.41. The molecule has 1 aliphatic heterocycles. The molecule has 0 radical (unpaired) electrons. The van der Waals surface area contributed by atoms with Gasteiger partial charge in [0, 0.05) is 32.3 Å². The fourth-order valence-corrected chi connectivity index (χ4v) is 2.46. The summed E-state index contributed by atoms with van der Waals surface area (Å²) in [7, 11) is 1.75. The van der Waals surface area contributed by atoms with Crippen molar-refractivity contribution in [3.63, 3.8) is 0 Å². The van der Waals surface area contributed by atoms with Crippen LogP contribution in [0.2, 0.25) is 0 Å². The minimum Gasteiger partial charge on any atom is -0.384 e. The molecule has 96 valence electrons. The Balaban J connectivity index is 2.62. The fourth-order valence-electron chi connectivity index (χ4n) is 2.46. The molecule has 1 rings (SSSR count). The van der Waals surface area contributed by atoms with Gasteiger partial charge in [0.15, 0.2) is 0 Å². The number of ether oxygens (including phenoxy) is 2. The second kappa shape index (κ2) is 6.55. The molecular formula is C12H26N2O2. The van der Waals surface area contributed by atoms with Gasteiger partial charge in [-0.1, -0.05) is 6.92 Å². The molecule has 0 aromatic heterocycles. The van der Waals surface area contributed by atoms with Crippen LogP contribution in [0.4, 0.5) is 0 Å². The smallest absolute Gasteiger partial charge is 0.0674 e.